The third-order valence-electron chi connectivity index (χ3n) is 3.71. The summed E-state index contributed by atoms with van der Waals surface area (Å²) in [5.74, 6) is -1.04. The summed E-state index contributed by atoms with van der Waals surface area (Å²) in [6.45, 7) is 7.90. The first-order valence-corrected chi connectivity index (χ1v) is 7.85. The van der Waals surface area contributed by atoms with Crippen LogP contribution in [0.15, 0.2) is 0 Å². The van der Waals surface area contributed by atoms with Crippen molar-refractivity contribution in [1.29, 1.82) is 0 Å². The molecule has 1 heterocycles. The summed E-state index contributed by atoms with van der Waals surface area (Å²) in [6, 6.07) is -0.834. The molecular weight excluding hydrogens is 282 g/mol. The number of aryl methyl sites for hydroxylation is 2. The van der Waals surface area contributed by atoms with Crippen molar-refractivity contribution in [2.75, 3.05) is 0 Å². The third-order valence-corrected chi connectivity index (χ3v) is 3.71. The fourth-order valence-corrected chi connectivity index (χ4v) is 2.69. The van der Waals surface area contributed by atoms with Crippen LogP contribution in [0.1, 0.15) is 51.1 Å². The maximum atomic E-state index is 12.2. The molecule has 1 amide bonds. The average molecular weight is 309 g/mol. The number of aliphatic carboxylic acids is 1. The van der Waals surface area contributed by atoms with Gasteiger partial charge in [-0.25, -0.2) is 4.79 Å². The maximum Gasteiger partial charge on any atom is 0.326 e. The topological polar surface area (TPSA) is 84.2 Å². The summed E-state index contributed by atoms with van der Waals surface area (Å²) < 4.78 is 1.81. The fraction of sp³-hybridized carbons (Fsp3) is 0.688. The highest BCUT2D eigenvalue weighted by Gasteiger charge is 2.23. The van der Waals surface area contributed by atoms with Crippen molar-refractivity contribution in [1.82, 2.24) is 15.1 Å². The van der Waals surface area contributed by atoms with Crippen molar-refractivity contribution in [3.8, 4) is 0 Å². The summed E-state index contributed by atoms with van der Waals surface area (Å²) in [6.07, 6.45) is 2.16. The summed E-state index contributed by atoms with van der Waals surface area (Å²) in [7, 11) is 1.87. The summed E-state index contributed by atoms with van der Waals surface area (Å²) >= 11 is 0. The van der Waals surface area contributed by atoms with Gasteiger partial charge in [-0.3, -0.25) is 9.48 Å². The molecule has 1 aromatic heterocycles. The lowest BCUT2D eigenvalue weighted by Crippen LogP contribution is -2.42. The van der Waals surface area contributed by atoms with E-state index in [9.17, 15) is 14.7 Å². The molecule has 22 heavy (non-hydrogen) atoms. The Balaban J connectivity index is 2.86. The van der Waals surface area contributed by atoms with Gasteiger partial charge in [-0.15, -0.1) is 0 Å². The van der Waals surface area contributed by atoms with E-state index in [2.05, 4.69) is 10.4 Å². The lowest BCUT2D eigenvalue weighted by Gasteiger charge is -2.16. The van der Waals surface area contributed by atoms with Crippen LogP contribution in [0.5, 0.6) is 0 Å². The van der Waals surface area contributed by atoms with Gasteiger partial charge in [0.2, 0.25) is 5.91 Å². The Morgan fingerprint density at radius 1 is 1.27 bits per heavy atom. The second-order valence-corrected chi connectivity index (χ2v) is 5.97. The SMILES string of the molecule is CCc1nn(C)c(CC)c1CC(=O)N[C@H](CC(C)C)C(=O)O. The van der Waals surface area contributed by atoms with Crippen LogP contribution in [0, 0.1) is 5.92 Å². The number of carbonyl (C=O) groups excluding carboxylic acids is 1. The van der Waals surface area contributed by atoms with E-state index < -0.39 is 12.0 Å². The Bertz CT molecular complexity index is 535. The van der Waals surface area contributed by atoms with Gasteiger partial charge >= 0.3 is 5.97 Å². The van der Waals surface area contributed by atoms with Crippen molar-refractivity contribution in [3.63, 3.8) is 0 Å². The van der Waals surface area contributed by atoms with Gasteiger partial charge in [0.1, 0.15) is 6.04 Å². The Morgan fingerprint density at radius 3 is 2.36 bits per heavy atom. The quantitative estimate of drug-likeness (QED) is 0.765. The number of rotatable bonds is 8. The number of nitrogens with one attached hydrogen (secondary N) is 1. The molecule has 1 rings (SSSR count). The number of aromatic nitrogens is 2. The number of carboxylic acid groups (broad SMARTS) is 1. The van der Waals surface area contributed by atoms with Gasteiger partial charge < -0.3 is 10.4 Å². The third kappa shape index (κ3) is 4.58. The van der Waals surface area contributed by atoms with Crippen molar-refractivity contribution >= 4 is 11.9 Å². The van der Waals surface area contributed by atoms with Crippen LogP contribution in [0.2, 0.25) is 0 Å². The van der Waals surface area contributed by atoms with E-state index in [1.165, 1.54) is 0 Å². The average Bonchev–Trinajstić information content (AvgIpc) is 2.72. The van der Waals surface area contributed by atoms with Gasteiger partial charge in [0, 0.05) is 18.3 Å². The first-order valence-electron chi connectivity index (χ1n) is 7.85. The second kappa shape index (κ2) is 7.96. The molecule has 0 aliphatic rings. The molecule has 1 aromatic rings. The monoisotopic (exact) mass is 309 g/mol. The molecule has 6 nitrogen and oxygen atoms in total. The summed E-state index contributed by atoms with van der Waals surface area (Å²) in [4.78, 5) is 23.5. The zero-order valence-corrected chi connectivity index (χ0v) is 14.1. The lowest BCUT2D eigenvalue weighted by molar-refractivity contribution is -0.142. The smallest absolute Gasteiger partial charge is 0.326 e. The molecule has 0 aromatic carbocycles. The molecule has 0 unspecified atom stereocenters. The van der Waals surface area contributed by atoms with Gasteiger partial charge in [-0.1, -0.05) is 27.7 Å². The molecule has 0 saturated heterocycles. The van der Waals surface area contributed by atoms with E-state index in [-0.39, 0.29) is 18.2 Å². The second-order valence-electron chi connectivity index (χ2n) is 5.97. The Labute approximate surface area is 131 Å². The molecule has 0 saturated carbocycles. The van der Waals surface area contributed by atoms with Crippen molar-refractivity contribution in [2.24, 2.45) is 13.0 Å². The van der Waals surface area contributed by atoms with Gasteiger partial charge in [0.05, 0.1) is 12.1 Å². The summed E-state index contributed by atoms with van der Waals surface area (Å²) in [5.41, 5.74) is 2.87. The molecule has 0 fully saturated rings. The highest BCUT2D eigenvalue weighted by atomic mass is 16.4. The zero-order valence-electron chi connectivity index (χ0n) is 14.1. The Morgan fingerprint density at radius 2 is 1.91 bits per heavy atom. The zero-order chi connectivity index (χ0) is 16.9. The molecule has 0 bridgehead atoms. The van der Waals surface area contributed by atoms with Crippen LogP contribution in [-0.4, -0.2) is 32.8 Å². The van der Waals surface area contributed by atoms with E-state index >= 15 is 0 Å². The first-order chi connectivity index (χ1) is 10.3. The molecule has 124 valence electrons. The highest BCUT2D eigenvalue weighted by Crippen LogP contribution is 2.16. The van der Waals surface area contributed by atoms with Crippen molar-refractivity contribution < 1.29 is 14.7 Å². The normalized spacial score (nSPS) is 12.5. The minimum atomic E-state index is -0.986. The lowest BCUT2D eigenvalue weighted by atomic mass is 10.0. The van der Waals surface area contributed by atoms with Crippen LogP contribution in [-0.2, 0) is 35.9 Å². The van der Waals surface area contributed by atoms with Crippen molar-refractivity contribution in [3.05, 3.63) is 17.0 Å². The largest absolute Gasteiger partial charge is 0.480 e. The standard InChI is InChI=1S/C16H27N3O3/c1-6-12-11(14(7-2)19(5)18-12)9-15(20)17-13(16(21)22)8-10(3)4/h10,13H,6-9H2,1-5H3,(H,17,20)(H,21,22)/t13-/m1/s1. The molecule has 0 aliphatic carbocycles. The first kappa shape index (κ1) is 18.2. The van der Waals surface area contributed by atoms with E-state index in [1.54, 1.807) is 0 Å². The number of carbonyl (C=O) groups is 2. The molecule has 0 spiro atoms. The Kier molecular flexibility index (Phi) is 6.59. The number of carboxylic acids is 1. The van der Waals surface area contributed by atoms with Crippen LogP contribution >= 0.6 is 0 Å². The minimum absolute atomic E-state index is 0.183. The Hall–Kier alpha value is -1.85. The van der Waals surface area contributed by atoms with Gasteiger partial charge in [-0.2, -0.15) is 5.10 Å². The van der Waals surface area contributed by atoms with E-state index in [0.717, 1.165) is 29.8 Å². The highest BCUT2D eigenvalue weighted by molar-refractivity contribution is 5.85. The predicted molar refractivity (Wildman–Crippen MR) is 84.7 cm³/mol. The molecule has 6 heteroatoms. The molecule has 0 aliphatic heterocycles. The van der Waals surface area contributed by atoms with Crippen molar-refractivity contribution in [2.45, 2.75) is 59.4 Å². The maximum absolute atomic E-state index is 12.2. The number of hydrogen-bond donors (Lipinski definition) is 2. The molecule has 2 N–H and O–H groups in total. The number of hydrogen-bond acceptors (Lipinski definition) is 3. The van der Waals surface area contributed by atoms with Gasteiger partial charge in [-0.05, 0) is 25.2 Å². The van der Waals surface area contributed by atoms with Gasteiger partial charge in [0.25, 0.3) is 0 Å². The molecule has 1 atom stereocenters. The van der Waals surface area contributed by atoms with E-state index in [1.807, 2.05) is 39.4 Å². The molecular formula is C16H27N3O3. The predicted octanol–water partition coefficient (Wildman–Crippen LogP) is 1.70. The number of amides is 1. The minimum Gasteiger partial charge on any atom is -0.480 e. The van der Waals surface area contributed by atoms with Gasteiger partial charge in [0.15, 0.2) is 0 Å². The van der Waals surface area contributed by atoms with Crippen LogP contribution in [0.4, 0.5) is 0 Å². The van der Waals surface area contributed by atoms with Crippen LogP contribution in [0.25, 0.3) is 0 Å². The molecule has 0 radical (unpaired) electrons. The van der Waals surface area contributed by atoms with E-state index in [0.29, 0.717) is 6.42 Å². The van der Waals surface area contributed by atoms with E-state index in [4.69, 9.17) is 0 Å². The fourth-order valence-electron chi connectivity index (χ4n) is 2.69. The van der Waals surface area contributed by atoms with Crippen LogP contribution in [0.3, 0.4) is 0 Å². The summed E-state index contributed by atoms with van der Waals surface area (Å²) in [5, 5.41) is 16.3. The van der Waals surface area contributed by atoms with Crippen LogP contribution < -0.4 is 5.32 Å². The number of nitrogens with zero attached hydrogens (tertiary/aromatic N) is 2.